The van der Waals surface area contributed by atoms with Crippen molar-refractivity contribution in [2.75, 3.05) is 5.32 Å². The molecule has 0 aliphatic carbocycles. The highest BCUT2D eigenvalue weighted by Gasteiger charge is 2.13. The van der Waals surface area contributed by atoms with Gasteiger partial charge in [0.15, 0.2) is 0 Å². The summed E-state index contributed by atoms with van der Waals surface area (Å²) in [5.74, 6) is 1.65. The van der Waals surface area contributed by atoms with Crippen molar-refractivity contribution >= 4 is 11.6 Å². The minimum absolute atomic E-state index is 0.163. The Balaban J connectivity index is 2.00. The van der Waals surface area contributed by atoms with Gasteiger partial charge in [0.25, 0.3) is 0 Å². The number of carbonyl (C=O) groups is 1. The summed E-state index contributed by atoms with van der Waals surface area (Å²) < 4.78 is 13.1. The number of aliphatic hydroxyl groups is 1. The summed E-state index contributed by atoms with van der Waals surface area (Å²) in [6.07, 6.45) is 4.06. The molecule has 3 nitrogen and oxygen atoms in total. The molecule has 1 amide bonds. The number of hydrogen-bond donors (Lipinski definition) is 2. The Morgan fingerprint density at radius 2 is 2.05 bits per heavy atom. The fourth-order valence-electron chi connectivity index (χ4n) is 1.91. The number of carbonyl (C=O) groups excluding carboxylic acids is 1. The molecule has 1 atom stereocenters. The number of amides is 1. The third-order valence-electron chi connectivity index (χ3n) is 2.93. The highest BCUT2D eigenvalue weighted by Crippen LogP contribution is 2.18. The average molecular weight is 283 g/mol. The molecule has 21 heavy (non-hydrogen) atoms. The van der Waals surface area contributed by atoms with Gasteiger partial charge in [-0.05, 0) is 35.9 Å². The number of aliphatic hydroxyl groups excluding tert-OH is 1. The van der Waals surface area contributed by atoms with Gasteiger partial charge in [-0.15, -0.1) is 6.42 Å². The van der Waals surface area contributed by atoms with Crippen LogP contribution in [0.2, 0.25) is 0 Å². The van der Waals surface area contributed by atoms with Crippen molar-refractivity contribution in [2.24, 2.45) is 0 Å². The highest BCUT2D eigenvalue weighted by molar-refractivity contribution is 5.91. The number of nitrogens with one attached hydrogen (secondary N) is 1. The van der Waals surface area contributed by atoms with E-state index in [4.69, 9.17) is 6.42 Å². The van der Waals surface area contributed by atoms with Gasteiger partial charge < -0.3 is 10.4 Å². The summed E-state index contributed by atoms with van der Waals surface area (Å²) in [6.45, 7) is 0. The summed E-state index contributed by atoms with van der Waals surface area (Å²) in [5, 5.41) is 12.6. The van der Waals surface area contributed by atoms with Gasteiger partial charge in [-0.25, -0.2) is 4.39 Å². The van der Waals surface area contributed by atoms with E-state index in [1.165, 1.54) is 18.2 Å². The van der Waals surface area contributed by atoms with Crippen LogP contribution in [0.5, 0.6) is 0 Å². The van der Waals surface area contributed by atoms with Gasteiger partial charge >= 0.3 is 0 Å². The first-order valence-corrected chi connectivity index (χ1v) is 6.38. The van der Waals surface area contributed by atoms with Gasteiger partial charge in [0.05, 0.1) is 12.5 Å². The molecule has 2 N–H and O–H groups in total. The molecule has 0 aliphatic heterocycles. The Morgan fingerprint density at radius 1 is 1.29 bits per heavy atom. The first-order chi connectivity index (χ1) is 10.1. The lowest BCUT2D eigenvalue weighted by atomic mass is 10.1. The molecular formula is C17H14FNO2. The predicted octanol–water partition coefficient (Wildman–Crippen LogP) is 2.87. The molecule has 0 saturated carbocycles. The standard InChI is InChI=1S/C17H14FNO2/c1-2-12-5-3-8-15(9-12)19-17(21)11-16(20)13-6-4-7-14(18)10-13/h1,3-10,16,20H,11H2,(H,19,21). The Morgan fingerprint density at radius 3 is 2.76 bits per heavy atom. The van der Waals surface area contributed by atoms with Crippen LogP contribution in [0.1, 0.15) is 23.7 Å². The quantitative estimate of drug-likeness (QED) is 0.848. The molecule has 0 radical (unpaired) electrons. The van der Waals surface area contributed by atoms with Crippen molar-refractivity contribution in [3.8, 4) is 12.3 Å². The molecule has 1 unspecified atom stereocenters. The second-order valence-corrected chi connectivity index (χ2v) is 4.55. The second kappa shape index (κ2) is 6.69. The van der Waals surface area contributed by atoms with E-state index in [0.29, 0.717) is 16.8 Å². The van der Waals surface area contributed by atoms with E-state index >= 15 is 0 Å². The summed E-state index contributed by atoms with van der Waals surface area (Å²) in [7, 11) is 0. The summed E-state index contributed by atoms with van der Waals surface area (Å²) in [4.78, 5) is 11.9. The normalized spacial score (nSPS) is 11.5. The molecule has 4 heteroatoms. The maximum atomic E-state index is 13.1. The van der Waals surface area contributed by atoms with Crippen LogP contribution in [0, 0.1) is 18.2 Å². The summed E-state index contributed by atoms with van der Waals surface area (Å²) in [5.41, 5.74) is 1.57. The van der Waals surface area contributed by atoms with E-state index < -0.39 is 11.9 Å². The van der Waals surface area contributed by atoms with Crippen LogP contribution in [-0.2, 0) is 4.79 Å². The van der Waals surface area contributed by atoms with Crippen LogP contribution < -0.4 is 5.32 Å². The first-order valence-electron chi connectivity index (χ1n) is 6.38. The third-order valence-corrected chi connectivity index (χ3v) is 2.93. The van der Waals surface area contributed by atoms with Crippen LogP contribution in [0.4, 0.5) is 10.1 Å². The molecular weight excluding hydrogens is 269 g/mol. The topological polar surface area (TPSA) is 49.3 Å². The Bertz CT molecular complexity index is 691. The van der Waals surface area contributed by atoms with E-state index in [-0.39, 0.29) is 12.3 Å². The van der Waals surface area contributed by atoms with Gasteiger partial charge in [-0.1, -0.05) is 24.1 Å². The van der Waals surface area contributed by atoms with Crippen LogP contribution in [0.3, 0.4) is 0 Å². The van der Waals surface area contributed by atoms with Crippen LogP contribution in [0.25, 0.3) is 0 Å². The van der Waals surface area contributed by atoms with Crippen molar-refractivity contribution in [3.05, 3.63) is 65.5 Å². The maximum Gasteiger partial charge on any atom is 0.227 e. The molecule has 0 aliphatic rings. The number of anilines is 1. The number of halogens is 1. The van der Waals surface area contributed by atoms with Crippen LogP contribution in [0.15, 0.2) is 48.5 Å². The molecule has 0 spiro atoms. The lowest BCUT2D eigenvalue weighted by Crippen LogP contribution is -2.15. The Kier molecular flexibility index (Phi) is 4.70. The zero-order valence-electron chi connectivity index (χ0n) is 11.2. The number of hydrogen-bond acceptors (Lipinski definition) is 2. The molecule has 2 aromatic carbocycles. The van der Waals surface area contributed by atoms with Gasteiger partial charge in [0, 0.05) is 11.3 Å². The van der Waals surface area contributed by atoms with E-state index in [1.807, 2.05) is 0 Å². The number of rotatable bonds is 4. The first kappa shape index (κ1) is 14.8. The Labute approximate surface area is 122 Å². The summed E-state index contributed by atoms with van der Waals surface area (Å²) in [6, 6.07) is 12.4. The van der Waals surface area contributed by atoms with Crippen molar-refractivity contribution in [3.63, 3.8) is 0 Å². The van der Waals surface area contributed by atoms with Gasteiger partial charge in [0.1, 0.15) is 5.82 Å². The van der Waals surface area contributed by atoms with Crippen molar-refractivity contribution < 1.29 is 14.3 Å². The lowest BCUT2D eigenvalue weighted by molar-refractivity contribution is -0.118. The van der Waals surface area contributed by atoms with Gasteiger partial charge in [0.2, 0.25) is 5.91 Å². The zero-order chi connectivity index (χ0) is 15.2. The third kappa shape index (κ3) is 4.16. The van der Waals surface area contributed by atoms with E-state index in [9.17, 15) is 14.3 Å². The van der Waals surface area contributed by atoms with Crippen molar-refractivity contribution in [2.45, 2.75) is 12.5 Å². The number of terminal acetylenes is 1. The molecule has 0 saturated heterocycles. The molecule has 2 aromatic rings. The second-order valence-electron chi connectivity index (χ2n) is 4.55. The maximum absolute atomic E-state index is 13.1. The fourth-order valence-corrected chi connectivity index (χ4v) is 1.91. The van der Waals surface area contributed by atoms with Crippen LogP contribution >= 0.6 is 0 Å². The largest absolute Gasteiger partial charge is 0.388 e. The average Bonchev–Trinajstić information content (AvgIpc) is 2.47. The monoisotopic (exact) mass is 283 g/mol. The van der Waals surface area contributed by atoms with E-state index in [2.05, 4.69) is 11.2 Å². The van der Waals surface area contributed by atoms with Crippen LogP contribution in [-0.4, -0.2) is 11.0 Å². The summed E-state index contributed by atoms with van der Waals surface area (Å²) >= 11 is 0. The fraction of sp³-hybridized carbons (Fsp3) is 0.118. The SMILES string of the molecule is C#Cc1cccc(NC(=O)CC(O)c2cccc(F)c2)c1. The van der Waals surface area contributed by atoms with Gasteiger partial charge in [-0.2, -0.15) is 0 Å². The van der Waals surface area contributed by atoms with Crippen molar-refractivity contribution in [1.29, 1.82) is 0 Å². The highest BCUT2D eigenvalue weighted by atomic mass is 19.1. The molecule has 2 rings (SSSR count). The minimum Gasteiger partial charge on any atom is -0.388 e. The van der Waals surface area contributed by atoms with E-state index in [1.54, 1.807) is 30.3 Å². The smallest absolute Gasteiger partial charge is 0.227 e. The molecule has 0 bridgehead atoms. The Hall–Kier alpha value is -2.64. The minimum atomic E-state index is -1.06. The predicted molar refractivity (Wildman–Crippen MR) is 79.0 cm³/mol. The van der Waals surface area contributed by atoms with E-state index in [0.717, 1.165) is 0 Å². The molecule has 0 heterocycles. The van der Waals surface area contributed by atoms with Crippen molar-refractivity contribution in [1.82, 2.24) is 0 Å². The molecule has 0 fully saturated rings. The van der Waals surface area contributed by atoms with Gasteiger partial charge in [-0.3, -0.25) is 4.79 Å². The molecule has 106 valence electrons. The molecule has 0 aromatic heterocycles. The zero-order valence-corrected chi connectivity index (χ0v) is 11.2. The lowest BCUT2D eigenvalue weighted by Gasteiger charge is -2.11. The number of benzene rings is 2.